The van der Waals surface area contributed by atoms with E-state index in [1.54, 1.807) is 25.3 Å². The fourth-order valence-corrected chi connectivity index (χ4v) is 1.73. The van der Waals surface area contributed by atoms with Crippen molar-refractivity contribution in [3.8, 4) is 17.2 Å². The van der Waals surface area contributed by atoms with E-state index in [2.05, 4.69) is 10.2 Å². The van der Waals surface area contributed by atoms with Gasteiger partial charge in [-0.05, 0) is 31.0 Å². The number of hydrogen-bond donors (Lipinski definition) is 1. The van der Waals surface area contributed by atoms with Gasteiger partial charge in [0.1, 0.15) is 5.75 Å². The third kappa shape index (κ3) is 1.84. The first-order valence-electron chi connectivity index (χ1n) is 5.55. The van der Waals surface area contributed by atoms with Crippen molar-refractivity contribution < 1.29 is 9.15 Å². The van der Waals surface area contributed by atoms with Gasteiger partial charge in [0.25, 0.3) is 5.89 Å². The van der Waals surface area contributed by atoms with Crippen LogP contribution in [0.3, 0.4) is 0 Å². The van der Waals surface area contributed by atoms with Gasteiger partial charge >= 0.3 is 0 Å². The Kier molecular flexibility index (Phi) is 2.24. The number of nitrogens with two attached hydrogens (primary N) is 1. The molecule has 1 aromatic heterocycles. The highest BCUT2D eigenvalue weighted by Crippen LogP contribution is 2.40. The maximum absolute atomic E-state index is 5.75. The molecule has 1 aromatic carbocycles. The zero-order valence-electron chi connectivity index (χ0n) is 9.51. The lowest BCUT2D eigenvalue weighted by Gasteiger charge is -2.05. The van der Waals surface area contributed by atoms with Gasteiger partial charge in [-0.2, -0.15) is 0 Å². The van der Waals surface area contributed by atoms with Crippen LogP contribution >= 0.6 is 0 Å². The Morgan fingerprint density at radius 1 is 1.35 bits per heavy atom. The van der Waals surface area contributed by atoms with E-state index in [1.807, 2.05) is 0 Å². The molecule has 0 amide bonds. The number of hydrogen-bond acceptors (Lipinski definition) is 5. The summed E-state index contributed by atoms with van der Waals surface area (Å²) < 4.78 is 10.9. The molecule has 1 heterocycles. The molecule has 1 aliphatic rings. The van der Waals surface area contributed by atoms with Gasteiger partial charge in [-0.1, -0.05) is 0 Å². The SMILES string of the molecule is COc1ccc(N)cc1-c1nnc(C2CC2)o1. The Bertz CT molecular complexity index is 546. The molecule has 0 spiro atoms. The Hall–Kier alpha value is -2.04. The third-order valence-electron chi connectivity index (χ3n) is 2.82. The summed E-state index contributed by atoms with van der Waals surface area (Å²) >= 11 is 0. The second-order valence-electron chi connectivity index (χ2n) is 4.18. The van der Waals surface area contributed by atoms with Gasteiger partial charge in [-0.15, -0.1) is 10.2 Å². The normalized spacial score (nSPS) is 14.9. The predicted octanol–water partition coefficient (Wildman–Crippen LogP) is 2.20. The van der Waals surface area contributed by atoms with E-state index in [0.717, 1.165) is 18.4 Å². The van der Waals surface area contributed by atoms with Crippen molar-refractivity contribution in [3.05, 3.63) is 24.1 Å². The van der Waals surface area contributed by atoms with Crippen LogP contribution in [0.5, 0.6) is 5.75 Å². The lowest BCUT2D eigenvalue weighted by Crippen LogP contribution is -1.91. The molecule has 1 fully saturated rings. The van der Waals surface area contributed by atoms with Gasteiger partial charge in [0.15, 0.2) is 0 Å². The number of nitrogens with zero attached hydrogens (tertiary/aromatic N) is 2. The standard InChI is InChI=1S/C12H13N3O2/c1-16-10-5-4-8(13)6-9(10)12-15-14-11(17-12)7-2-3-7/h4-7H,2-3,13H2,1H3. The fourth-order valence-electron chi connectivity index (χ4n) is 1.73. The van der Waals surface area contributed by atoms with Gasteiger partial charge in [0.05, 0.1) is 12.7 Å². The van der Waals surface area contributed by atoms with Crippen LogP contribution in [0, 0.1) is 0 Å². The van der Waals surface area contributed by atoms with Crippen molar-refractivity contribution in [1.29, 1.82) is 0 Å². The average molecular weight is 231 g/mol. The molecule has 88 valence electrons. The van der Waals surface area contributed by atoms with Crippen LogP contribution in [0.25, 0.3) is 11.5 Å². The smallest absolute Gasteiger partial charge is 0.251 e. The molecule has 17 heavy (non-hydrogen) atoms. The minimum atomic E-state index is 0.448. The fraction of sp³-hybridized carbons (Fsp3) is 0.333. The third-order valence-corrected chi connectivity index (χ3v) is 2.82. The van der Waals surface area contributed by atoms with Crippen LogP contribution in [0.2, 0.25) is 0 Å². The van der Waals surface area contributed by atoms with Gasteiger partial charge < -0.3 is 14.9 Å². The molecular formula is C12H13N3O2. The first-order chi connectivity index (χ1) is 8.28. The number of ether oxygens (including phenoxy) is 1. The average Bonchev–Trinajstić information content (AvgIpc) is 3.07. The van der Waals surface area contributed by atoms with Crippen molar-refractivity contribution in [2.24, 2.45) is 0 Å². The van der Waals surface area contributed by atoms with Crippen LogP contribution in [0.4, 0.5) is 5.69 Å². The quantitative estimate of drug-likeness (QED) is 0.820. The molecule has 1 saturated carbocycles. The number of benzene rings is 1. The molecule has 0 saturated heterocycles. The summed E-state index contributed by atoms with van der Waals surface area (Å²) in [5.41, 5.74) is 7.14. The molecule has 0 bridgehead atoms. The first kappa shape index (κ1) is 10.1. The van der Waals surface area contributed by atoms with Crippen LogP contribution in [-0.2, 0) is 0 Å². The van der Waals surface area contributed by atoms with Crippen molar-refractivity contribution in [2.45, 2.75) is 18.8 Å². The zero-order valence-corrected chi connectivity index (χ0v) is 9.51. The van der Waals surface area contributed by atoms with E-state index >= 15 is 0 Å². The summed E-state index contributed by atoms with van der Waals surface area (Å²) in [5.74, 6) is 2.31. The Morgan fingerprint density at radius 3 is 2.88 bits per heavy atom. The molecule has 1 aliphatic carbocycles. The Labute approximate surface area is 98.6 Å². The summed E-state index contributed by atoms with van der Waals surface area (Å²) in [6.45, 7) is 0. The van der Waals surface area contributed by atoms with Crippen molar-refractivity contribution in [3.63, 3.8) is 0 Å². The minimum Gasteiger partial charge on any atom is -0.496 e. The second kappa shape index (κ2) is 3.76. The van der Waals surface area contributed by atoms with Crippen molar-refractivity contribution in [2.75, 3.05) is 12.8 Å². The van der Waals surface area contributed by atoms with Gasteiger partial charge in [-0.25, -0.2) is 0 Å². The Balaban J connectivity index is 2.03. The first-order valence-corrected chi connectivity index (χ1v) is 5.55. The number of rotatable bonds is 3. The largest absolute Gasteiger partial charge is 0.496 e. The van der Waals surface area contributed by atoms with E-state index in [9.17, 15) is 0 Å². The summed E-state index contributed by atoms with van der Waals surface area (Å²) in [5, 5.41) is 8.09. The molecule has 5 nitrogen and oxygen atoms in total. The van der Waals surface area contributed by atoms with E-state index in [1.165, 1.54) is 0 Å². The molecule has 0 unspecified atom stereocenters. The number of aromatic nitrogens is 2. The van der Waals surface area contributed by atoms with Gasteiger partial charge in [-0.3, -0.25) is 0 Å². The molecular weight excluding hydrogens is 218 g/mol. The topological polar surface area (TPSA) is 74.2 Å². The highest BCUT2D eigenvalue weighted by molar-refractivity contribution is 5.67. The van der Waals surface area contributed by atoms with Gasteiger partial charge in [0.2, 0.25) is 5.89 Å². The van der Waals surface area contributed by atoms with E-state index in [-0.39, 0.29) is 0 Å². The molecule has 2 aromatic rings. The lowest BCUT2D eigenvalue weighted by atomic mass is 10.2. The maximum atomic E-state index is 5.75. The van der Waals surface area contributed by atoms with Crippen molar-refractivity contribution in [1.82, 2.24) is 10.2 Å². The van der Waals surface area contributed by atoms with Crippen LogP contribution in [-0.4, -0.2) is 17.3 Å². The zero-order chi connectivity index (χ0) is 11.8. The van der Waals surface area contributed by atoms with E-state index in [4.69, 9.17) is 14.9 Å². The molecule has 2 N–H and O–H groups in total. The van der Waals surface area contributed by atoms with Crippen LogP contribution in [0.1, 0.15) is 24.7 Å². The predicted molar refractivity (Wildman–Crippen MR) is 62.7 cm³/mol. The van der Waals surface area contributed by atoms with Crippen LogP contribution < -0.4 is 10.5 Å². The monoisotopic (exact) mass is 231 g/mol. The summed E-state index contributed by atoms with van der Waals surface area (Å²) in [6.07, 6.45) is 2.27. The summed E-state index contributed by atoms with van der Waals surface area (Å²) in [7, 11) is 1.60. The highest BCUT2D eigenvalue weighted by Gasteiger charge is 2.29. The van der Waals surface area contributed by atoms with Crippen molar-refractivity contribution >= 4 is 5.69 Å². The molecule has 3 rings (SSSR count). The van der Waals surface area contributed by atoms with E-state index in [0.29, 0.717) is 29.1 Å². The molecule has 0 atom stereocenters. The maximum Gasteiger partial charge on any atom is 0.251 e. The minimum absolute atomic E-state index is 0.448. The van der Waals surface area contributed by atoms with Gasteiger partial charge in [0, 0.05) is 11.6 Å². The number of methoxy groups -OCH3 is 1. The van der Waals surface area contributed by atoms with Crippen LogP contribution in [0.15, 0.2) is 22.6 Å². The second-order valence-corrected chi connectivity index (χ2v) is 4.18. The summed E-state index contributed by atoms with van der Waals surface area (Å²) in [4.78, 5) is 0. The molecule has 0 aliphatic heterocycles. The molecule has 5 heteroatoms. The molecule has 0 radical (unpaired) electrons. The highest BCUT2D eigenvalue weighted by atomic mass is 16.5. The summed E-state index contributed by atoms with van der Waals surface area (Å²) in [6, 6.07) is 5.36. The number of nitrogen functional groups attached to an aromatic ring is 1. The number of anilines is 1. The Morgan fingerprint density at radius 2 is 2.18 bits per heavy atom. The van der Waals surface area contributed by atoms with E-state index < -0.39 is 0 Å². The lowest BCUT2D eigenvalue weighted by molar-refractivity contribution is 0.413.